The number of allylic oxidation sites excluding steroid dienone is 1. The second-order valence-electron chi connectivity index (χ2n) is 7.28. The van der Waals surface area contributed by atoms with Crippen molar-refractivity contribution < 1.29 is 35.1 Å². The van der Waals surface area contributed by atoms with Gasteiger partial charge in [-0.05, 0) is 48.6 Å². The monoisotopic (exact) mass is 464 g/mol. The second kappa shape index (κ2) is 8.60. The average Bonchev–Trinajstić information content (AvgIpc) is 2.98. The van der Waals surface area contributed by atoms with Crippen molar-refractivity contribution in [2.24, 2.45) is 0 Å². The number of alkyl halides is 2. The Balaban J connectivity index is 1.67. The van der Waals surface area contributed by atoms with E-state index in [1.54, 1.807) is 0 Å². The number of carbonyl (C=O) groups excluding carboxylic acids is 1. The molecule has 1 N–H and O–H groups in total. The number of carbonyl (C=O) groups is 1. The Labute approximate surface area is 173 Å². The fourth-order valence-corrected chi connectivity index (χ4v) is 6.49. The molecule has 1 aromatic rings. The van der Waals surface area contributed by atoms with E-state index in [-0.39, 0.29) is 28.6 Å². The number of halogens is 2. The van der Waals surface area contributed by atoms with E-state index in [2.05, 4.69) is 10.1 Å². The summed E-state index contributed by atoms with van der Waals surface area (Å²) in [4.78, 5) is 12.3. The number of nitrogens with zero attached hydrogens (tertiary/aromatic N) is 1. The first-order valence-corrected chi connectivity index (χ1v) is 12.5. The van der Waals surface area contributed by atoms with Crippen LogP contribution in [0, 0.1) is 0 Å². The van der Waals surface area contributed by atoms with Gasteiger partial charge in [-0.3, -0.25) is 4.79 Å². The first kappa shape index (κ1) is 22.6. The van der Waals surface area contributed by atoms with Crippen LogP contribution in [-0.4, -0.2) is 64.8 Å². The van der Waals surface area contributed by atoms with Crippen LogP contribution in [0.5, 0.6) is 5.75 Å². The topological polar surface area (TPSA) is 110 Å². The highest BCUT2D eigenvalue weighted by molar-refractivity contribution is 7.93. The van der Waals surface area contributed by atoms with Gasteiger partial charge < -0.3 is 10.1 Å². The Kier molecular flexibility index (Phi) is 6.48. The van der Waals surface area contributed by atoms with E-state index in [9.17, 15) is 30.4 Å². The molecular formula is C18H22F2N2O6S2. The zero-order chi connectivity index (χ0) is 22.1. The summed E-state index contributed by atoms with van der Waals surface area (Å²) in [6.45, 7) is -3.38. The van der Waals surface area contributed by atoms with Crippen LogP contribution in [0.4, 0.5) is 8.78 Å². The Morgan fingerprint density at radius 2 is 2.07 bits per heavy atom. The number of hydrogen-bond acceptors (Lipinski definition) is 6. The highest BCUT2D eigenvalue weighted by Crippen LogP contribution is 2.31. The van der Waals surface area contributed by atoms with Crippen LogP contribution in [0.15, 0.2) is 23.1 Å². The third-order valence-electron chi connectivity index (χ3n) is 5.00. The summed E-state index contributed by atoms with van der Waals surface area (Å²) in [5.74, 6) is -0.712. The van der Waals surface area contributed by atoms with Crippen LogP contribution in [0.3, 0.4) is 0 Å². The fraction of sp³-hybridized carbons (Fsp3) is 0.500. The lowest BCUT2D eigenvalue weighted by atomic mass is 9.97. The van der Waals surface area contributed by atoms with Crippen molar-refractivity contribution in [1.82, 2.24) is 9.62 Å². The highest BCUT2D eigenvalue weighted by Gasteiger charge is 2.31. The van der Waals surface area contributed by atoms with Crippen molar-refractivity contribution in [3.8, 4) is 5.75 Å². The lowest BCUT2D eigenvalue weighted by Crippen LogP contribution is -2.43. The summed E-state index contributed by atoms with van der Waals surface area (Å²) in [7, 11) is -5.81. The van der Waals surface area contributed by atoms with Crippen molar-refractivity contribution >= 4 is 31.8 Å². The van der Waals surface area contributed by atoms with Crippen LogP contribution in [0.25, 0.3) is 6.08 Å². The molecule has 166 valence electrons. The number of sulfonamides is 1. The molecule has 12 heteroatoms. The number of ether oxygens (including phenoxy) is 1. The summed E-state index contributed by atoms with van der Waals surface area (Å²) in [5.41, 5.74) is 1.27. The third-order valence-corrected chi connectivity index (χ3v) is 8.70. The van der Waals surface area contributed by atoms with E-state index in [4.69, 9.17) is 0 Å². The zero-order valence-electron chi connectivity index (χ0n) is 16.2. The quantitative estimate of drug-likeness (QED) is 0.648. The standard InChI is InChI=1S/C18H22F2N2O6S2/c1-22(10-17(23)21-14-6-7-29(24,25)11-14)30(26,27)16-5-3-12-8-15(28-18(19)20)4-2-13(12)9-16/h2,4,8-9,14,18H,3,5-7,10-11H2,1H3,(H,21,23). The molecule has 1 aliphatic carbocycles. The predicted octanol–water partition coefficient (Wildman–Crippen LogP) is 1.14. The number of sulfone groups is 1. The molecule has 8 nitrogen and oxygen atoms in total. The maximum absolute atomic E-state index is 12.8. The molecule has 1 aliphatic heterocycles. The molecule has 0 aromatic heterocycles. The van der Waals surface area contributed by atoms with Gasteiger partial charge in [0.1, 0.15) is 5.75 Å². The van der Waals surface area contributed by atoms with Crippen LogP contribution in [0.2, 0.25) is 0 Å². The normalized spacial score (nSPS) is 20.7. The van der Waals surface area contributed by atoms with Crippen LogP contribution >= 0.6 is 0 Å². The maximum atomic E-state index is 12.8. The number of likely N-dealkylation sites (N-methyl/N-ethyl adjacent to an activating group) is 1. The molecule has 0 spiro atoms. The van der Waals surface area contributed by atoms with Gasteiger partial charge >= 0.3 is 6.61 Å². The second-order valence-corrected chi connectivity index (χ2v) is 11.6. The minimum absolute atomic E-state index is 0.00243. The lowest BCUT2D eigenvalue weighted by Gasteiger charge is -2.23. The van der Waals surface area contributed by atoms with Gasteiger partial charge in [-0.15, -0.1) is 0 Å². The number of benzene rings is 1. The molecule has 3 rings (SSSR count). The molecule has 1 unspecified atom stereocenters. The first-order chi connectivity index (χ1) is 14.0. The Morgan fingerprint density at radius 1 is 1.33 bits per heavy atom. The lowest BCUT2D eigenvalue weighted by molar-refractivity contribution is -0.121. The number of aryl methyl sites for hydroxylation is 1. The smallest absolute Gasteiger partial charge is 0.387 e. The Hall–Kier alpha value is -2.05. The molecule has 1 heterocycles. The largest absolute Gasteiger partial charge is 0.435 e. The van der Waals surface area contributed by atoms with E-state index in [1.165, 1.54) is 31.3 Å². The summed E-state index contributed by atoms with van der Waals surface area (Å²) in [6, 6.07) is 3.79. The van der Waals surface area contributed by atoms with E-state index in [0.717, 1.165) is 4.31 Å². The molecule has 0 saturated carbocycles. The predicted molar refractivity (Wildman–Crippen MR) is 106 cm³/mol. The van der Waals surface area contributed by atoms with E-state index < -0.39 is 45.0 Å². The molecule has 30 heavy (non-hydrogen) atoms. The maximum Gasteiger partial charge on any atom is 0.387 e. The summed E-state index contributed by atoms with van der Waals surface area (Å²) in [5, 5.41) is 2.56. The number of hydrogen-bond donors (Lipinski definition) is 1. The van der Waals surface area contributed by atoms with E-state index >= 15 is 0 Å². The van der Waals surface area contributed by atoms with Crippen molar-refractivity contribution in [1.29, 1.82) is 0 Å². The van der Waals surface area contributed by atoms with E-state index in [1.807, 2.05) is 0 Å². The number of nitrogens with one attached hydrogen (secondary N) is 1. The molecule has 1 amide bonds. The molecule has 1 atom stereocenters. The Bertz CT molecular complexity index is 1070. The first-order valence-electron chi connectivity index (χ1n) is 9.21. The summed E-state index contributed by atoms with van der Waals surface area (Å²) in [6.07, 6.45) is 2.24. The Morgan fingerprint density at radius 3 is 2.70 bits per heavy atom. The van der Waals surface area contributed by atoms with Crippen LogP contribution in [-0.2, 0) is 31.1 Å². The molecule has 0 bridgehead atoms. The van der Waals surface area contributed by atoms with Gasteiger partial charge in [0.15, 0.2) is 9.84 Å². The summed E-state index contributed by atoms with van der Waals surface area (Å²) >= 11 is 0. The molecular weight excluding hydrogens is 442 g/mol. The minimum Gasteiger partial charge on any atom is -0.435 e. The van der Waals surface area contributed by atoms with Crippen molar-refractivity contribution in [2.45, 2.75) is 31.9 Å². The number of rotatable bonds is 7. The molecule has 0 radical (unpaired) electrons. The fourth-order valence-electron chi connectivity index (χ4n) is 3.49. The van der Waals surface area contributed by atoms with Gasteiger partial charge in [0.25, 0.3) is 0 Å². The summed E-state index contributed by atoms with van der Waals surface area (Å²) < 4.78 is 78.6. The molecule has 2 aliphatic rings. The number of fused-ring (bicyclic) bond motifs is 1. The third kappa shape index (κ3) is 5.35. The van der Waals surface area contributed by atoms with Crippen molar-refractivity contribution in [3.05, 3.63) is 34.2 Å². The van der Waals surface area contributed by atoms with Gasteiger partial charge in [-0.1, -0.05) is 6.07 Å². The van der Waals surface area contributed by atoms with Crippen molar-refractivity contribution in [3.63, 3.8) is 0 Å². The van der Waals surface area contributed by atoms with Crippen molar-refractivity contribution in [2.75, 3.05) is 25.1 Å². The number of amides is 1. The van der Waals surface area contributed by atoms with Gasteiger partial charge in [0.2, 0.25) is 15.9 Å². The van der Waals surface area contributed by atoms with Gasteiger partial charge in [0, 0.05) is 13.1 Å². The molecule has 1 aromatic carbocycles. The minimum atomic E-state index is -3.92. The van der Waals surface area contributed by atoms with Gasteiger partial charge in [-0.25, -0.2) is 16.8 Å². The van der Waals surface area contributed by atoms with Crippen LogP contribution < -0.4 is 10.1 Å². The SMILES string of the molecule is CN(CC(=O)NC1CCS(=O)(=O)C1)S(=O)(=O)C1=Cc2ccc(OC(F)F)cc2CC1. The molecule has 1 fully saturated rings. The van der Waals surface area contributed by atoms with Crippen LogP contribution in [0.1, 0.15) is 24.0 Å². The van der Waals surface area contributed by atoms with Gasteiger partial charge in [0.05, 0.1) is 23.0 Å². The average molecular weight is 465 g/mol. The molecule has 1 saturated heterocycles. The highest BCUT2D eigenvalue weighted by atomic mass is 32.2. The van der Waals surface area contributed by atoms with E-state index in [0.29, 0.717) is 24.0 Å². The van der Waals surface area contributed by atoms with Gasteiger partial charge in [-0.2, -0.15) is 13.1 Å². The zero-order valence-corrected chi connectivity index (χ0v) is 17.8.